The van der Waals surface area contributed by atoms with E-state index in [2.05, 4.69) is 39.3 Å². The van der Waals surface area contributed by atoms with Crippen LogP contribution in [-0.2, 0) is 6.42 Å². The fourth-order valence-corrected chi connectivity index (χ4v) is 2.70. The maximum Gasteiger partial charge on any atom is 0.137 e. The maximum absolute atomic E-state index is 5.82. The highest BCUT2D eigenvalue weighted by molar-refractivity contribution is 7.09. The molecule has 1 unspecified atom stereocenters. The van der Waals surface area contributed by atoms with Crippen molar-refractivity contribution in [2.45, 2.75) is 26.3 Å². The summed E-state index contributed by atoms with van der Waals surface area (Å²) >= 11 is 1.79. The molecule has 1 atom stereocenters. The van der Waals surface area contributed by atoms with Crippen LogP contribution >= 0.6 is 11.3 Å². The number of thiophene rings is 1. The standard InChI is InChI=1S/C13H18N4S/c1-9(7-11-5-4-6-18-11)17(3)13-10(2)12(14)15-8-16-13/h4-6,8-9H,7H2,1-3H3,(H2,14,15,16). The highest BCUT2D eigenvalue weighted by Crippen LogP contribution is 2.22. The van der Waals surface area contributed by atoms with E-state index in [0.29, 0.717) is 11.9 Å². The van der Waals surface area contributed by atoms with E-state index in [-0.39, 0.29) is 0 Å². The molecule has 0 bridgehead atoms. The van der Waals surface area contributed by atoms with Gasteiger partial charge < -0.3 is 10.6 Å². The third-order valence-electron chi connectivity index (χ3n) is 3.17. The van der Waals surface area contributed by atoms with Crippen LogP contribution in [0.3, 0.4) is 0 Å². The van der Waals surface area contributed by atoms with Gasteiger partial charge in [0.2, 0.25) is 0 Å². The summed E-state index contributed by atoms with van der Waals surface area (Å²) < 4.78 is 0. The van der Waals surface area contributed by atoms with Crippen molar-refractivity contribution in [3.05, 3.63) is 34.3 Å². The number of hydrogen-bond donors (Lipinski definition) is 1. The second kappa shape index (κ2) is 5.35. The first-order chi connectivity index (χ1) is 8.59. The van der Waals surface area contributed by atoms with Gasteiger partial charge in [-0.05, 0) is 25.3 Å². The minimum absolute atomic E-state index is 0.372. The lowest BCUT2D eigenvalue weighted by Gasteiger charge is -2.27. The monoisotopic (exact) mass is 262 g/mol. The van der Waals surface area contributed by atoms with Crippen LogP contribution in [0.1, 0.15) is 17.4 Å². The van der Waals surface area contributed by atoms with E-state index in [1.807, 2.05) is 14.0 Å². The minimum atomic E-state index is 0.372. The summed E-state index contributed by atoms with van der Waals surface area (Å²) in [5.74, 6) is 1.46. The van der Waals surface area contributed by atoms with E-state index in [1.165, 1.54) is 11.2 Å². The molecule has 18 heavy (non-hydrogen) atoms. The second-order valence-electron chi connectivity index (χ2n) is 4.45. The molecule has 0 saturated heterocycles. The Bertz CT molecular complexity index is 510. The van der Waals surface area contributed by atoms with Crippen LogP contribution in [0.25, 0.3) is 0 Å². The largest absolute Gasteiger partial charge is 0.383 e. The summed E-state index contributed by atoms with van der Waals surface area (Å²) in [5, 5.41) is 2.11. The molecule has 4 nitrogen and oxygen atoms in total. The third kappa shape index (κ3) is 2.61. The highest BCUT2D eigenvalue weighted by Gasteiger charge is 2.15. The molecule has 0 spiro atoms. The van der Waals surface area contributed by atoms with E-state index in [1.54, 1.807) is 11.3 Å². The molecule has 0 radical (unpaired) electrons. The van der Waals surface area contributed by atoms with Crippen LogP contribution in [0.15, 0.2) is 23.8 Å². The number of anilines is 2. The van der Waals surface area contributed by atoms with Crippen molar-refractivity contribution in [2.24, 2.45) is 0 Å². The molecule has 0 aliphatic rings. The van der Waals surface area contributed by atoms with Gasteiger partial charge in [0.15, 0.2) is 0 Å². The molecule has 2 rings (SSSR count). The Balaban J connectivity index is 2.15. The van der Waals surface area contributed by atoms with Gasteiger partial charge in [-0.2, -0.15) is 0 Å². The van der Waals surface area contributed by atoms with Crippen LogP contribution in [-0.4, -0.2) is 23.1 Å². The Kier molecular flexibility index (Phi) is 3.81. The molecule has 0 fully saturated rings. The van der Waals surface area contributed by atoms with Crippen LogP contribution in [0.5, 0.6) is 0 Å². The summed E-state index contributed by atoms with van der Waals surface area (Å²) in [7, 11) is 2.05. The first-order valence-electron chi connectivity index (χ1n) is 5.92. The number of nitrogens with zero attached hydrogens (tertiary/aromatic N) is 3. The molecular formula is C13H18N4S. The lowest BCUT2D eigenvalue weighted by atomic mass is 10.1. The van der Waals surface area contributed by atoms with E-state index >= 15 is 0 Å². The molecular weight excluding hydrogens is 244 g/mol. The third-order valence-corrected chi connectivity index (χ3v) is 4.07. The second-order valence-corrected chi connectivity index (χ2v) is 5.48. The lowest BCUT2D eigenvalue weighted by molar-refractivity contribution is 0.677. The Labute approximate surface area is 111 Å². The predicted molar refractivity (Wildman–Crippen MR) is 77.1 cm³/mol. The average Bonchev–Trinajstić information content (AvgIpc) is 2.84. The first kappa shape index (κ1) is 12.8. The Hall–Kier alpha value is -1.62. The minimum Gasteiger partial charge on any atom is -0.383 e. The summed E-state index contributed by atoms with van der Waals surface area (Å²) in [6, 6.07) is 4.62. The van der Waals surface area contributed by atoms with E-state index in [4.69, 9.17) is 5.73 Å². The van der Waals surface area contributed by atoms with Crippen LogP contribution < -0.4 is 10.6 Å². The van der Waals surface area contributed by atoms with Crippen molar-refractivity contribution < 1.29 is 0 Å². The quantitative estimate of drug-likeness (QED) is 0.919. The summed E-state index contributed by atoms with van der Waals surface area (Å²) in [6.45, 7) is 4.15. The number of hydrogen-bond acceptors (Lipinski definition) is 5. The average molecular weight is 262 g/mol. The zero-order valence-electron chi connectivity index (χ0n) is 10.9. The van der Waals surface area contributed by atoms with Crippen molar-refractivity contribution in [2.75, 3.05) is 17.7 Å². The highest BCUT2D eigenvalue weighted by atomic mass is 32.1. The topological polar surface area (TPSA) is 55.0 Å². The number of aromatic nitrogens is 2. The molecule has 96 valence electrons. The van der Waals surface area contributed by atoms with Gasteiger partial charge in [0, 0.05) is 30.0 Å². The van der Waals surface area contributed by atoms with Crippen LogP contribution in [0, 0.1) is 6.92 Å². The normalized spacial score (nSPS) is 12.4. The van der Waals surface area contributed by atoms with Crippen LogP contribution in [0.4, 0.5) is 11.6 Å². The maximum atomic E-state index is 5.82. The van der Waals surface area contributed by atoms with Gasteiger partial charge in [-0.3, -0.25) is 0 Å². The fourth-order valence-electron chi connectivity index (χ4n) is 1.88. The van der Waals surface area contributed by atoms with Crippen molar-refractivity contribution in [3.8, 4) is 0 Å². The van der Waals surface area contributed by atoms with Gasteiger partial charge in [-0.15, -0.1) is 11.3 Å². The molecule has 0 saturated carbocycles. The molecule has 2 aromatic rings. The van der Waals surface area contributed by atoms with E-state index < -0.39 is 0 Å². The number of nitrogen functional groups attached to an aromatic ring is 1. The molecule has 0 aliphatic carbocycles. The van der Waals surface area contributed by atoms with Crippen molar-refractivity contribution >= 4 is 23.0 Å². The molecule has 0 amide bonds. The Morgan fingerprint density at radius 2 is 2.22 bits per heavy atom. The van der Waals surface area contributed by atoms with Gasteiger partial charge in [0.05, 0.1) is 0 Å². The van der Waals surface area contributed by atoms with Crippen molar-refractivity contribution in [1.82, 2.24) is 9.97 Å². The molecule has 2 heterocycles. The van der Waals surface area contributed by atoms with Gasteiger partial charge in [-0.1, -0.05) is 6.07 Å². The smallest absolute Gasteiger partial charge is 0.137 e. The molecule has 2 aromatic heterocycles. The predicted octanol–water partition coefficient (Wildman–Crippen LogP) is 2.50. The van der Waals surface area contributed by atoms with Crippen molar-refractivity contribution in [1.29, 1.82) is 0 Å². The van der Waals surface area contributed by atoms with Gasteiger partial charge in [0.1, 0.15) is 18.0 Å². The molecule has 0 aliphatic heterocycles. The number of likely N-dealkylation sites (N-methyl/N-ethyl adjacent to an activating group) is 1. The Morgan fingerprint density at radius 1 is 1.44 bits per heavy atom. The summed E-state index contributed by atoms with van der Waals surface area (Å²) in [6.07, 6.45) is 2.53. The SMILES string of the molecule is Cc1c(N)ncnc1N(C)C(C)Cc1cccs1. The number of rotatable bonds is 4. The lowest BCUT2D eigenvalue weighted by Crippen LogP contribution is -2.32. The summed E-state index contributed by atoms with van der Waals surface area (Å²) in [5.41, 5.74) is 6.76. The molecule has 5 heteroatoms. The van der Waals surface area contributed by atoms with E-state index in [0.717, 1.165) is 17.8 Å². The zero-order chi connectivity index (χ0) is 13.1. The van der Waals surface area contributed by atoms with Gasteiger partial charge >= 0.3 is 0 Å². The molecule has 2 N–H and O–H groups in total. The fraction of sp³-hybridized carbons (Fsp3) is 0.385. The molecule has 0 aromatic carbocycles. The zero-order valence-corrected chi connectivity index (χ0v) is 11.7. The number of nitrogens with two attached hydrogens (primary N) is 1. The summed E-state index contributed by atoms with van der Waals surface area (Å²) in [4.78, 5) is 11.9. The van der Waals surface area contributed by atoms with Gasteiger partial charge in [-0.25, -0.2) is 9.97 Å². The Morgan fingerprint density at radius 3 is 2.89 bits per heavy atom. The van der Waals surface area contributed by atoms with Crippen LogP contribution in [0.2, 0.25) is 0 Å². The first-order valence-corrected chi connectivity index (χ1v) is 6.80. The van der Waals surface area contributed by atoms with E-state index in [9.17, 15) is 0 Å². The van der Waals surface area contributed by atoms with Gasteiger partial charge in [0.25, 0.3) is 0 Å². The van der Waals surface area contributed by atoms with Crippen molar-refractivity contribution in [3.63, 3.8) is 0 Å².